The van der Waals surface area contributed by atoms with Gasteiger partial charge in [-0.1, -0.05) is 23.2 Å². The normalized spacial score (nSPS) is 10.7. The molecule has 0 saturated carbocycles. The molecule has 1 heterocycles. The number of halogens is 3. The minimum atomic E-state index is -0.447. The van der Waals surface area contributed by atoms with E-state index in [9.17, 15) is 4.79 Å². The van der Waals surface area contributed by atoms with E-state index >= 15 is 0 Å². The number of pyridine rings is 1. The molecular weight excluding hydrogens is 352 g/mol. The van der Waals surface area contributed by atoms with Crippen LogP contribution in [0.4, 0.5) is 0 Å². The Morgan fingerprint density at radius 3 is 2.80 bits per heavy atom. The standard InChI is InChI=1S/C9H6Cl2INO2/c1-15-8(14)3-2-5-6(12)4-7(10)13-9(5)11/h2-4H,1H3/b3-2+. The van der Waals surface area contributed by atoms with E-state index in [0.29, 0.717) is 10.7 Å². The average Bonchev–Trinajstić information content (AvgIpc) is 2.15. The van der Waals surface area contributed by atoms with Crippen LogP contribution in [0.5, 0.6) is 0 Å². The lowest BCUT2D eigenvalue weighted by molar-refractivity contribution is -0.134. The Hall–Kier alpha value is -0.330. The van der Waals surface area contributed by atoms with Crippen LogP contribution in [0.1, 0.15) is 5.56 Å². The van der Waals surface area contributed by atoms with Gasteiger partial charge in [-0.2, -0.15) is 0 Å². The van der Waals surface area contributed by atoms with Gasteiger partial charge in [0.2, 0.25) is 0 Å². The van der Waals surface area contributed by atoms with Gasteiger partial charge in [-0.25, -0.2) is 9.78 Å². The first-order valence-corrected chi connectivity index (χ1v) is 5.65. The maximum Gasteiger partial charge on any atom is 0.330 e. The van der Waals surface area contributed by atoms with Crippen LogP contribution in [-0.4, -0.2) is 18.1 Å². The van der Waals surface area contributed by atoms with Gasteiger partial charge >= 0.3 is 5.97 Å². The van der Waals surface area contributed by atoms with Crippen LogP contribution >= 0.6 is 45.8 Å². The first-order chi connectivity index (χ1) is 7.04. The van der Waals surface area contributed by atoms with Crippen molar-refractivity contribution in [3.05, 3.63) is 31.6 Å². The van der Waals surface area contributed by atoms with Crippen LogP contribution < -0.4 is 0 Å². The van der Waals surface area contributed by atoms with Crippen LogP contribution in [0, 0.1) is 3.57 Å². The third-order valence-electron chi connectivity index (χ3n) is 1.52. The van der Waals surface area contributed by atoms with Crippen molar-refractivity contribution in [2.45, 2.75) is 0 Å². The van der Waals surface area contributed by atoms with Crippen molar-refractivity contribution >= 4 is 57.8 Å². The number of ether oxygens (including phenoxy) is 1. The van der Waals surface area contributed by atoms with Gasteiger partial charge in [0.25, 0.3) is 0 Å². The number of rotatable bonds is 2. The van der Waals surface area contributed by atoms with Crippen molar-refractivity contribution in [2.24, 2.45) is 0 Å². The molecule has 1 rings (SSSR count). The molecule has 0 aliphatic carbocycles. The van der Waals surface area contributed by atoms with Gasteiger partial charge < -0.3 is 4.74 Å². The van der Waals surface area contributed by atoms with Crippen molar-refractivity contribution in [2.75, 3.05) is 7.11 Å². The summed E-state index contributed by atoms with van der Waals surface area (Å²) in [7, 11) is 1.30. The van der Waals surface area contributed by atoms with Crippen molar-refractivity contribution < 1.29 is 9.53 Å². The molecule has 0 fully saturated rings. The SMILES string of the molecule is COC(=O)/C=C/c1c(I)cc(Cl)nc1Cl. The zero-order valence-electron chi connectivity index (χ0n) is 7.63. The molecule has 0 N–H and O–H groups in total. The van der Waals surface area contributed by atoms with E-state index in [2.05, 4.69) is 32.3 Å². The fourth-order valence-electron chi connectivity index (χ4n) is 0.835. The summed E-state index contributed by atoms with van der Waals surface area (Å²) in [5.41, 5.74) is 0.645. The maximum absolute atomic E-state index is 10.9. The van der Waals surface area contributed by atoms with Gasteiger partial charge in [-0.15, -0.1) is 0 Å². The van der Waals surface area contributed by atoms with Gasteiger partial charge in [-0.3, -0.25) is 0 Å². The molecule has 0 aliphatic heterocycles. The van der Waals surface area contributed by atoms with Crippen LogP contribution in [0.25, 0.3) is 6.08 Å². The van der Waals surface area contributed by atoms with E-state index in [-0.39, 0.29) is 5.15 Å². The molecule has 3 nitrogen and oxygen atoms in total. The van der Waals surface area contributed by atoms with Crippen LogP contribution in [0.3, 0.4) is 0 Å². The minimum absolute atomic E-state index is 0.257. The molecule has 0 bridgehead atoms. The van der Waals surface area contributed by atoms with Gasteiger partial charge in [0, 0.05) is 15.2 Å². The Kier molecular flexibility index (Phi) is 4.82. The van der Waals surface area contributed by atoms with E-state index in [0.717, 1.165) is 3.57 Å². The molecule has 0 spiro atoms. The third kappa shape index (κ3) is 3.62. The second-order valence-electron chi connectivity index (χ2n) is 2.49. The van der Waals surface area contributed by atoms with E-state index in [1.807, 2.05) is 0 Å². The highest BCUT2D eigenvalue weighted by atomic mass is 127. The van der Waals surface area contributed by atoms with Gasteiger partial charge in [0.15, 0.2) is 0 Å². The monoisotopic (exact) mass is 357 g/mol. The Labute approximate surface area is 111 Å². The summed E-state index contributed by atoms with van der Waals surface area (Å²) in [5.74, 6) is -0.447. The summed E-state index contributed by atoms with van der Waals surface area (Å²) in [6.45, 7) is 0. The molecule has 0 atom stereocenters. The number of hydrogen-bond donors (Lipinski definition) is 0. The fourth-order valence-corrected chi connectivity index (χ4v) is 2.40. The molecule has 0 unspecified atom stereocenters. The molecule has 0 amide bonds. The molecule has 0 aromatic carbocycles. The highest BCUT2D eigenvalue weighted by molar-refractivity contribution is 14.1. The number of carbonyl (C=O) groups excluding carboxylic acids is 1. The van der Waals surface area contributed by atoms with Crippen molar-refractivity contribution in [1.82, 2.24) is 4.98 Å². The maximum atomic E-state index is 10.9. The lowest BCUT2D eigenvalue weighted by atomic mass is 10.2. The summed E-state index contributed by atoms with van der Waals surface area (Å²) in [5, 5.41) is 0.576. The summed E-state index contributed by atoms with van der Waals surface area (Å²) < 4.78 is 5.28. The third-order valence-corrected chi connectivity index (χ3v) is 2.89. The minimum Gasteiger partial charge on any atom is -0.466 e. The number of hydrogen-bond acceptors (Lipinski definition) is 3. The molecule has 1 aromatic heterocycles. The highest BCUT2D eigenvalue weighted by Crippen LogP contribution is 2.24. The summed E-state index contributed by atoms with van der Waals surface area (Å²) in [6, 6.07) is 1.66. The van der Waals surface area contributed by atoms with E-state index < -0.39 is 5.97 Å². The predicted octanol–water partition coefficient (Wildman–Crippen LogP) is 3.18. The summed E-state index contributed by atoms with van der Waals surface area (Å²) >= 11 is 13.6. The summed E-state index contributed by atoms with van der Waals surface area (Å²) in [4.78, 5) is 14.7. The Morgan fingerprint density at radius 1 is 1.60 bits per heavy atom. The van der Waals surface area contributed by atoms with Gasteiger partial charge in [0.1, 0.15) is 10.3 Å². The molecular formula is C9H6Cl2INO2. The highest BCUT2D eigenvalue weighted by Gasteiger charge is 2.06. The second kappa shape index (κ2) is 5.67. The summed E-state index contributed by atoms with van der Waals surface area (Å²) in [6.07, 6.45) is 2.82. The number of methoxy groups -OCH3 is 1. The average molecular weight is 358 g/mol. The molecule has 15 heavy (non-hydrogen) atoms. The number of aromatic nitrogens is 1. The van der Waals surface area contributed by atoms with Gasteiger partial charge in [-0.05, 0) is 34.7 Å². The van der Waals surface area contributed by atoms with Crippen molar-refractivity contribution in [3.8, 4) is 0 Å². The predicted molar refractivity (Wildman–Crippen MR) is 68.0 cm³/mol. The molecule has 6 heteroatoms. The molecule has 0 aliphatic rings. The van der Waals surface area contributed by atoms with Gasteiger partial charge in [0.05, 0.1) is 7.11 Å². The zero-order chi connectivity index (χ0) is 11.4. The van der Waals surface area contributed by atoms with Crippen LogP contribution in [0.15, 0.2) is 12.1 Å². The lowest BCUT2D eigenvalue weighted by Crippen LogP contribution is -1.94. The zero-order valence-corrected chi connectivity index (χ0v) is 11.3. The van der Waals surface area contributed by atoms with Crippen molar-refractivity contribution in [3.63, 3.8) is 0 Å². The molecule has 80 valence electrons. The first-order valence-electron chi connectivity index (χ1n) is 3.82. The second-order valence-corrected chi connectivity index (χ2v) is 4.40. The Morgan fingerprint density at radius 2 is 2.27 bits per heavy atom. The largest absolute Gasteiger partial charge is 0.466 e. The molecule has 0 saturated heterocycles. The van der Waals surface area contributed by atoms with E-state index in [1.165, 1.54) is 13.2 Å². The topological polar surface area (TPSA) is 39.2 Å². The Bertz CT molecular complexity index is 398. The number of nitrogens with zero attached hydrogens (tertiary/aromatic N) is 1. The molecule has 1 aromatic rings. The smallest absolute Gasteiger partial charge is 0.330 e. The van der Waals surface area contributed by atoms with E-state index in [1.54, 1.807) is 12.1 Å². The van der Waals surface area contributed by atoms with Crippen LogP contribution in [-0.2, 0) is 9.53 Å². The number of esters is 1. The Balaban J connectivity index is 3.05. The fraction of sp³-hybridized carbons (Fsp3) is 0.111. The quantitative estimate of drug-likeness (QED) is 0.353. The first kappa shape index (κ1) is 12.7. The van der Waals surface area contributed by atoms with E-state index in [4.69, 9.17) is 23.2 Å². The number of carbonyl (C=O) groups is 1. The molecule has 0 radical (unpaired) electrons. The van der Waals surface area contributed by atoms with Crippen LogP contribution in [0.2, 0.25) is 10.3 Å². The lowest BCUT2D eigenvalue weighted by Gasteiger charge is -2.01. The van der Waals surface area contributed by atoms with Crippen molar-refractivity contribution in [1.29, 1.82) is 0 Å².